The number of fused-ring (bicyclic) bond motifs is 3. The van der Waals surface area contributed by atoms with Crippen LogP contribution in [0, 0.1) is 6.92 Å². The van der Waals surface area contributed by atoms with E-state index in [-0.39, 0.29) is 5.41 Å². The predicted octanol–water partition coefficient (Wildman–Crippen LogP) is 2.42. The Labute approximate surface area is 89.2 Å². The molecule has 2 aromatic rings. The number of aryl methyl sites for hydroxylation is 2. The van der Waals surface area contributed by atoms with Crippen molar-refractivity contribution in [3.8, 4) is 0 Å². The van der Waals surface area contributed by atoms with Crippen LogP contribution in [0.5, 0.6) is 0 Å². The fraction of sp³-hybridized carbons (Fsp3) is 0.500. The lowest BCUT2D eigenvalue weighted by Gasteiger charge is -2.15. The molecular weight excluding hydrogens is 186 g/mol. The molecule has 0 atom stereocenters. The summed E-state index contributed by atoms with van der Waals surface area (Å²) >= 11 is 0. The van der Waals surface area contributed by atoms with E-state index in [1.165, 1.54) is 12.1 Å². The third-order valence-electron chi connectivity index (χ3n) is 3.38. The number of hydrogen-bond donors (Lipinski definition) is 0. The van der Waals surface area contributed by atoms with Crippen molar-refractivity contribution in [3.05, 3.63) is 23.7 Å². The quantitative estimate of drug-likeness (QED) is 0.655. The minimum Gasteiger partial charge on any atom is -0.328 e. The summed E-state index contributed by atoms with van der Waals surface area (Å²) in [6, 6.07) is 2.19. The van der Waals surface area contributed by atoms with Gasteiger partial charge < -0.3 is 4.57 Å². The normalized spacial score (nSPS) is 18.3. The van der Waals surface area contributed by atoms with Crippen molar-refractivity contribution < 1.29 is 0 Å². The van der Waals surface area contributed by atoms with E-state index in [1.807, 2.05) is 13.1 Å². The van der Waals surface area contributed by atoms with E-state index in [2.05, 4.69) is 34.4 Å². The van der Waals surface area contributed by atoms with Crippen LogP contribution in [-0.2, 0) is 12.0 Å². The van der Waals surface area contributed by atoms with Crippen molar-refractivity contribution >= 4 is 11.2 Å². The van der Waals surface area contributed by atoms with Gasteiger partial charge in [-0.05, 0) is 19.4 Å². The largest absolute Gasteiger partial charge is 0.328 e. The van der Waals surface area contributed by atoms with Gasteiger partial charge in [0, 0.05) is 23.9 Å². The van der Waals surface area contributed by atoms with Gasteiger partial charge in [0.1, 0.15) is 5.52 Å². The second-order valence-corrected chi connectivity index (χ2v) is 5.04. The molecule has 0 N–H and O–H groups in total. The standard InChI is InChI=1S/C12H15N3/c1-8-7-13-9-6-10-12(2,3)4-5-15(10)11(9)14-8/h6-7H,4-5H2,1-3H3. The van der Waals surface area contributed by atoms with Crippen molar-refractivity contribution in [3.63, 3.8) is 0 Å². The van der Waals surface area contributed by atoms with Crippen LogP contribution in [0.2, 0.25) is 0 Å². The van der Waals surface area contributed by atoms with Gasteiger partial charge in [-0.2, -0.15) is 0 Å². The van der Waals surface area contributed by atoms with Gasteiger partial charge in [0.2, 0.25) is 0 Å². The maximum absolute atomic E-state index is 4.57. The average molecular weight is 201 g/mol. The number of rotatable bonds is 0. The lowest BCUT2D eigenvalue weighted by atomic mass is 9.89. The number of hydrogen-bond acceptors (Lipinski definition) is 2. The Bertz CT molecular complexity index is 537. The third-order valence-corrected chi connectivity index (χ3v) is 3.38. The summed E-state index contributed by atoms with van der Waals surface area (Å²) in [7, 11) is 0. The van der Waals surface area contributed by atoms with Crippen LogP contribution in [0.1, 0.15) is 31.7 Å². The lowest BCUT2D eigenvalue weighted by Crippen LogP contribution is -2.11. The highest BCUT2D eigenvalue weighted by Crippen LogP contribution is 2.37. The molecule has 78 valence electrons. The molecule has 15 heavy (non-hydrogen) atoms. The average Bonchev–Trinajstić information content (AvgIpc) is 2.66. The molecule has 3 heteroatoms. The number of aromatic nitrogens is 3. The van der Waals surface area contributed by atoms with Gasteiger partial charge in [-0.3, -0.25) is 4.98 Å². The number of nitrogens with zero attached hydrogens (tertiary/aromatic N) is 3. The van der Waals surface area contributed by atoms with Crippen molar-refractivity contribution in [1.82, 2.24) is 14.5 Å². The molecule has 0 saturated heterocycles. The van der Waals surface area contributed by atoms with Crippen LogP contribution >= 0.6 is 0 Å². The summed E-state index contributed by atoms with van der Waals surface area (Å²) in [4.78, 5) is 9.00. The second kappa shape index (κ2) is 2.60. The van der Waals surface area contributed by atoms with Gasteiger partial charge in [0.05, 0.1) is 5.69 Å². The van der Waals surface area contributed by atoms with Crippen molar-refractivity contribution in [2.24, 2.45) is 0 Å². The molecule has 3 rings (SSSR count). The first-order valence-electron chi connectivity index (χ1n) is 5.41. The molecule has 0 aliphatic carbocycles. The van der Waals surface area contributed by atoms with E-state index >= 15 is 0 Å². The van der Waals surface area contributed by atoms with Crippen LogP contribution in [0.4, 0.5) is 0 Å². The summed E-state index contributed by atoms with van der Waals surface area (Å²) in [6.07, 6.45) is 3.04. The predicted molar refractivity (Wildman–Crippen MR) is 59.9 cm³/mol. The van der Waals surface area contributed by atoms with Crippen molar-refractivity contribution in [1.29, 1.82) is 0 Å². The smallest absolute Gasteiger partial charge is 0.159 e. The first-order chi connectivity index (χ1) is 7.08. The Kier molecular flexibility index (Phi) is 1.54. The third kappa shape index (κ3) is 1.12. The Morgan fingerprint density at radius 3 is 3.00 bits per heavy atom. The summed E-state index contributed by atoms with van der Waals surface area (Å²) < 4.78 is 2.31. The fourth-order valence-corrected chi connectivity index (χ4v) is 2.40. The summed E-state index contributed by atoms with van der Waals surface area (Å²) in [6.45, 7) is 7.64. The lowest BCUT2D eigenvalue weighted by molar-refractivity contribution is 0.521. The maximum atomic E-state index is 4.57. The van der Waals surface area contributed by atoms with Gasteiger partial charge in [-0.15, -0.1) is 0 Å². The van der Waals surface area contributed by atoms with Gasteiger partial charge in [-0.1, -0.05) is 13.8 Å². The van der Waals surface area contributed by atoms with Crippen molar-refractivity contribution in [2.75, 3.05) is 0 Å². The highest BCUT2D eigenvalue weighted by Gasteiger charge is 2.32. The van der Waals surface area contributed by atoms with E-state index in [4.69, 9.17) is 0 Å². The first kappa shape index (κ1) is 8.89. The molecule has 2 aromatic heterocycles. The summed E-state index contributed by atoms with van der Waals surface area (Å²) in [5.74, 6) is 0. The Balaban J connectivity index is 2.36. The van der Waals surface area contributed by atoms with E-state index in [9.17, 15) is 0 Å². The second-order valence-electron chi connectivity index (χ2n) is 5.04. The van der Waals surface area contributed by atoms with Crippen LogP contribution < -0.4 is 0 Å². The molecular formula is C12H15N3. The van der Waals surface area contributed by atoms with Crippen LogP contribution in [-0.4, -0.2) is 14.5 Å². The first-order valence-corrected chi connectivity index (χ1v) is 5.41. The molecule has 1 aliphatic heterocycles. The van der Waals surface area contributed by atoms with Crippen LogP contribution in [0.25, 0.3) is 11.2 Å². The summed E-state index contributed by atoms with van der Waals surface area (Å²) in [5, 5.41) is 0. The molecule has 0 fully saturated rings. The molecule has 0 unspecified atom stereocenters. The Hall–Kier alpha value is -1.38. The minimum absolute atomic E-state index is 0.274. The zero-order valence-corrected chi connectivity index (χ0v) is 9.41. The molecule has 0 amide bonds. The van der Waals surface area contributed by atoms with Crippen molar-refractivity contribution in [2.45, 2.75) is 39.2 Å². The van der Waals surface area contributed by atoms with Crippen LogP contribution in [0.15, 0.2) is 12.3 Å². The van der Waals surface area contributed by atoms with Gasteiger partial charge in [0.25, 0.3) is 0 Å². The molecule has 0 aromatic carbocycles. The van der Waals surface area contributed by atoms with E-state index in [0.29, 0.717) is 0 Å². The SMILES string of the molecule is Cc1cnc2cc3n(c2n1)CCC3(C)C. The van der Waals surface area contributed by atoms with Gasteiger partial charge in [0.15, 0.2) is 5.65 Å². The van der Waals surface area contributed by atoms with E-state index in [0.717, 1.165) is 23.4 Å². The zero-order chi connectivity index (χ0) is 10.6. The Morgan fingerprint density at radius 2 is 2.20 bits per heavy atom. The highest BCUT2D eigenvalue weighted by atomic mass is 15.1. The van der Waals surface area contributed by atoms with Crippen LogP contribution in [0.3, 0.4) is 0 Å². The molecule has 0 radical (unpaired) electrons. The molecule has 0 spiro atoms. The van der Waals surface area contributed by atoms with Gasteiger partial charge >= 0.3 is 0 Å². The monoisotopic (exact) mass is 201 g/mol. The molecule has 3 nitrogen and oxygen atoms in total. The topological polar surface area (TPSA) is 30.7 Å². The molecule has 0 bridgehead atoms. The fourth-order valence-electron chi connectivity index (χ4n) is 2.40. The van der Waals surface area contributed by atoms with E-state index < -0.39 is 0 Å². The molecule has 0 saturated carbocycles. The summed E-state index contributed by atoms with van der Waals surface area (Å²) in [5.41, 5.74) is 4.73. The molecule has 3 heterocycles. The van der Waals surface area contributed by atoms with Gasteiger partial charge in [-0.25, -0.2) is 4.98 Å². The minimum atomic E-state index is 0.274. The zero-order valence-electron chi connectivity index (χ0n) is 9.41. The molecule has 1 aliphatic rings. The Morgan fingerprint density at radius 1 is 1.40 bits per heavy atom. The maximum Gasteiger partial charge on any atom is 0.159 e. The highest BCUT2D eigenvalue weighted by molar-refractivity contribution is 5.73. The van der Waals surface area contributed by atoms with E-state index in [1.54, 1.807) is 0 Å².